The van der Waals surface area contributed by atoms with Crippen molar-refractivity contribution in [3.05, 3.63) is 48.3 Å². The Kier molecular flexibility index (Phi) is 8.34. The second kappa shape index (κ2) is 11.7. The largest absolute Gasteiger partial charge is 0.395 e. The normalized spacial score (nSPS) is 14.3. The quantitative estimate of drug-likeness (QED) is 0.372. The standard InChI is InChI=1S/C26H34F2N8O/c1-4-36(17(2)3)22-14-18(13-20(27)24(22)29)25-21(28)16-31-26(33-25)32-23-6-5-19(15-30-23)35-9-7-34(8-10-35)11-12-37/h5-6,13-17,37H,4,7-12,29H2,1-3H3,(H,30,31,32,33). The van der Waals surface area contributed by atoms with Crippen molar-refractivity contribution in [1.82, 2.24) is 19.9 Å². The van der Waals surface area contributed by atoms with E-state index in [4.69, 9.17) is 10.8 Å². The van der Waals surface area contributed by atoms with Crippen LogP contribution in [0.3, 0.4) is 0 Å². The van der Waals surface area contributed by atoms with Crippen LogP contribution in [0.25, 0.3) is 11.3 Å². The smallest absolute Gasteiger partial charge is 0.229 e. The number of β-amino-alcohol motifs (C(OH)–C–C–N with tert-alkyl or cyclic N) is 1. The first kappa shape index (κ1) is 26.5. The van der Waals surface area contributed by atoms with E-state index in [2.05, 4.69) is 30.1 Å². The van der Waals surface area contributed by atoms with Crippen LogP contribution in [0.1, 0.15) is 20.8 Å². The van der Waals surface area contributed by atoms with Crippen LogP contribution >= 0.6 is 0 Å². The van der Waals surface area contributed by atoms with Gasteiger partial charge in [-0.05, 0) is 45.0 Å². The molecule has 4 N–H and O–H groups in total. The summed E-state index contributed by atoms with van der Waals surface area (Å²) in [4.78, 5) is 19.2. The zero-order valence-corrected chi connectivity index (χ0v) is 21.5. The lowest BCUT2D eigenvalue weighted by molar-refractivity contribution is 0.189. The summed E-state index contributed by atoms with van der Waals surface area (Å²) in [5, 5.41) is 12.1. The molecule has 1 aliphatic rings. The van der Waals surface area contributed by atoms with Crippen molar-refractivity contribution in [2.75, 3.05) is 66.7 Å². The molecule has 1 saturated heterocycles. The van der Waals surface area contributed by atoms with Gasteiger partial charge in [-0.2, -0.15) is 0 Å². The van der Waals surface area contributed by atoms with Gasteiger partial charge in [-0.15, -0.1) is 0 Å². The van der Waals surface area contributed by atoms with Gasteiger partial charge in [0.05, 0.1) is 36.1 Å². The number of aromatic nitrogens is 3. The Morgan fingerprint density at radius 2 is 1.84 bits per heavy atom. The average molecular weight is 513 g/mol. The van der Waals surface area contributed by atoms with Crippen molar-refractivity contribution in [3.8, 4) is 11.3 Å². The van der Waals surface area contributed by atoms with E-state index in [1.54, 1.807) is 12.3 Å². The highest BCUT2D eigenvalue weighted by Gasteiger charge is 2.20. The third-order valence-corrected chi connectivity index (χ3v) is 6.54. The number of hydrogen-bond acceptors (Lipinski definition) is 9. The second-order valence-corrected chi connectivity index (χ2v) is 9.24. The van der Waals surface area contributed by atoms with E-state index in [9.17, 15) is 8.78 Å². The first-order chi connectivity index (χ1) is 17.8. The molecule has 2 aromatic heterocycles. The van der Waals surface area contributed by atoms with E-state index < -0.39 is 11.6 Å². The van der Waals surface area contributed by atoms with Gasteiger partial charge in [-0.3, -0.25) is 4.90 Å². The number of anilines is 5. The number of nitrogen functional groups attached to an aromatic ring is 1. The van der Waals surface area contributed by atoms with Gasteiger partial charge in [-0.1, -0.05) is 0 Å². The molecule has 0 unspecified atom stereocenters. The zero-order valence-electron chi connectivity index (χ0n) is 21.5. The molecular weight excluding hydrogens is 478 g/mol. The first-order valence-electron chi connectivity index (χ1n) is 12.5. The molecular formula is C26H34F2N8O. The van der Waals surface area contributed by atoms with Gasteiger partial charge < -0.3 is 26.0 Å². The summed E-state index contributed by atoms with van der Waals surface area (Å²) in [6.45, 7) is 10.9. The minimum atomic E-state index is -0.670. The molecule has 37 heavy (non-hydrogen) atoms. The fraction of sp³-hybridized carbons (Fsp3) is 0.423. The molecule has 1 fully saturated rings. The van der Waals surface area contributed by atoms with Crippen LogP contribution in [-0.2, 0) is 0 Å². The van der Waals surface area contributed by atoms with Crippen molar-refractivity contribution in [1.29, 1.82) is 0 Å². The number of pyridine rings is 1. The predicted molar refractivity (Wildman–Crippen MR) is 143 cm³/mol. The maximum Gasteiger partial charge on any atom is 0.229 e. The van der Waals surface area contributed by atoms with E-state index in [0.29, 0.717) is 24.6 Å². The number of nitrogens with two attached hydrogens (primary N) is 1. The summed E-state index contributed by atoms with van der Waals surface area (Å²) in [6.07, 6.45) is 2.82. The Bertz CT molecular complexity index is 1200. The third-order valence-electron chi connectivity index (χ3n) is 6.54. The van der Waals surface area contributed by atoms with Gasteiger partial charge in [0.2, 0.25) is 5.95 Å². The Morgan fingerprint density at radius 1 is 1.08 bits per heavy atom. The fourth-order valence-corrected chi connectivity index (χ4v) is 4.55. The molecule has 1 aromatic carbocycles. The lowest BCUT2D eigenvalue weighted by atomic mass is 10.1. The van der Waals surface area contributed by atoms with Gasteiger partial charge in [0.1, 0.15) is 17.3 Å². The number of aliphatic hydroxyl groups is 1. The van der Waals surface area contributed by atoms with Crippen LogP contribution in [0.2, 0.25) is 0 Å². The molecule has 198 valence electrons. The Balaban J connectivity index is 1.53. The molecule has 4 rings (SSSR count). The number of aliphatic hydroxyl groups excluding tert-OH is 1. The van der Waals surface area contributed by atoms with Crippen LogP contribution in [0.15, 0.2) is 36.7 Å². The van der Waals surface area contributed by atoms with Crippen molar-refractivity contribution in [2.24, 2.45) is 0 Å². The van der Waals surface area contributed by atoms with Gasteiger partial charge in [-0.25, -0.2) is 23.7 Å². The van der Waals surface area contributed by atoms with Gasteiger partial charge >= 0.3 is 0 Å². The average Bonchev–Trinajstić information content (AvgIpc) is 2.89. The predicted octanol–water partition coefficient (Wildman–Crippen LogP) is 3.49. The number of benzene rings is 1. The van der Waals surface area contributed by atoms with Crippen molar-refractivity contribution in [2.45, 2.75) is 26.8 Å². The summed E-state index contributed by atoms with van der Waals surface area (Å²) in [5.74, 6) is -0.656. The van der Waals surface area contributed by atoms with Crippen molar-refractivity contribution >= 4 is 28.8 Å². The highest BCUT2D eigenvalue weighted by molar-refractivity contribution is 5.77. The zero-order chi connectivity index (χ0) is 26.5. The maximum absolute atomic E-state index is 14.8. The maximum atomic E-state index is 14.8. The van der Waals surface area contributed by atoms with Crippen LogP contribution in [0.5, 0.6) is 0 Å². The third kappa shape index (κ3) is 6.05. The van der Waals surface area contributed by atoms with Crippen molar-refractivity contribution in [3.63, 3.8) is 0 Å². The first-order valence-corrected chi connectivity index (χ1v) is 12.5. The molecule has 9 nitrogen and oxygen atoms in total. The van der Waals surface area contributed by atoms with E-state index in [1.165, 1.54) is 6.07 Å². The van der Waals surface area contributed by atoms with Crippen LogP contribution in [0.4, 0.5) is 37.6 Å². The van der Waals surface area contributed by atoms with E-state index in [0.717, 1.165) is 38.1 Å². The summed E-state index contributed by atoms with van der Waals surface area (Å²) in [6, 6.07) is 6.69. The fourth-order valence-electron chi connectivity index (χ4n) is 4.55. The minimum Gasteiger partial charge on any atom is -0.395 e. The highest BCUT2D eigenvalue weighted by Crippen LogP contribution is 2.34. The lowest BCUT2D eigenvalue weighted by Gasteiger charge is -2.35. The monoisotopic (exact) mass is 512 g/mol. The number of halogens is 2. The van der Waals surface area contributed by atoms with E-state index in [1.807, 2.05) is 37.8 Å². The van der Waals surface area contributed by atoms with Crippen LogP contribution < -0.4 is 20.9 Å². The second-order valence-electron chi connectivity index (χ2n) is 9.24. The number of piperazine rings is 1. The van der Waals surface area contributed by atoms with Gasteiger partial charge in [0.15, 0.2) is 5.82 Å². The minimum absolute atomic E-state index is 0.0196. The summed E-state index contributed by atoms with van der Waals surface area (Å²) in [7, 11) is 0. The highest BCUT2D eigenvalue weighted by atomic mass is 19.1. The van der Waals surface area contributed by atoms with Crippen LogP contribution in [0, 0.1) is 11.6 Å². The molecule has 0 aliphatic carbocycles. The molecule has 0 saturated carbocycles. The summed E-state index contributed by atoms with van der Waals surface area (Å²) >= 11 is 0. The summed E-state index contributed by atoms with van der Waals surface area (Å²) < 4.78 is 29.5. The summed E-state index contributed by atoms with van der Waals surface area (Å²) in [5.41, 5.74) is 7.76. The molecule has 3 heterocycles. The topological polar surface area (TPSA) is 107 Å². The number of nitrogens with one attached hydrogen (secondary N) is 1. The van der Waals surface area contributed by atoms with E-state index >= 15 is 0 Å². The molecule has 0 amide bonds. The number of hydrogen-bond donors (Lipinski definition) is 3. The Labute approximate surface area is 216 Å². The number of nitrogens with zero attached hydrogens (tertiary/aromatic N) is 6. The van der Waals surface area contributed by atoms with Gasteiger partial charge in [0, 0.05) is 50.9 Å². The SMILES string of the molecule is CCN(c1cc(-c2nc(Nc3ccc(N4CCN(CCO)CC4)cn3)ncc2F)cc(F)c1N)C(C)C. The molecule has 11 heteroatoms. The molecule has 3 aromatic rings. The molecule has 0 bridgehead atoms. The molecule has 0 atom stereocenters. The van der Waals surface area contributed by atoms with Gasteiger partial charge in [0.25, 0.3) is 0 Å². The van der Waals surface area contributed by atoms with Crippen molar-refractivity contribution < 1.29 is 13.9 Å². The Morgan fingerprint density at radius 3 is 2.46 bits per heavy atom. The molecule has 0 radical (unpaired) electrons. The Hall–Kier alpha value is -3.57. The number of rotatable bonds is 9. The van der Waals surface area contributed by atoms with E-state index in [-0.39, 0.29) is 35.5 Å². The van der Waals surface area contributed by atoms with Crippen LogP contribution in [-0.4, -0.2) is 76.9 Å². The molecule has 0 spiro atoms. The lowest BCUT2D eigenvalue weighted by Crippen LogP contribution is -2.47. The molecule has 1 aliphatic heterocycles.